The topological polar surface area (TPSA) is 50.8 Å². The molecule has 0 amide bonds. The van der Waals surface area contributed by atoms with Crippen molar-refractivity contribution in [3.05, 3.63) is 84.2 Å². The maximum atomic E-state index is 9.26. The summed E-state index contributed by atoms with van der Waals surface area (Å²) in [4.78, 5) is 4.44. The molecule has 4 rings (SSSR count). The summed E-state index contributed by atoms with van der Waals surface area (Å²) in [6, 6.07) is 24.5. The highest BCUT2D eigenvalue weighted by Crippen LogP contribution is 2.26. The van der Waals surface area contributed by atoms with Gasteiger partial charge in [-0.2, -0.15) is 5.26 Å². The molecule has 0 fully saturated rings. The van der Waals surface area contributed by atoms with Gasteiger partial charge in [0.2, 0.25) is 0 Å². The molecule has 0 aliphatic carbocycles. The Hall–Kier alpha value is -3.58. The fourth-order valence-corrected chi connectivity index (χ4v) is 3.28. The molecule has 0 spiro atoms. The zero-order valence-electron chi connectivity index (χ0n) is 15.1. The average molecular weight is 353 g/mol. The van der Waals surface area contributed by atoms with E-state index in [9.17, 15) is 5.26 Å². The Morgan fingerprint density at radius 2 is 1.78 bits per heavy atom. The zero-order valence-corrected chi connectivity index (χ0v) is 15.1. The van der Waals surface area contributed by atoms with Crippen LogP contribution in [0.3, 0.4) is 0 Å². The number of nitrogens with zero attached hydrogens (tertiary/aromatic N) is 3. The minimum Gasteiger partial charge on any atom is -0.495 e. The quantitative estimate of drug-likeness (QED) is 0.516. The van der Waals surface area contributed by atoms with Crippen LogP contribution < -0.4 is 4.74 Å². The molecule has 0 bridgehead atoms. The number of para-hydroxylation sites is 2. The molecule has 0 saturated carbocycles. The highest BCUT2D eigenvalue weighted by molar-refractivity contribution is 5.75. The minimum absolute atomic E-state index is 0.547. The summed E-state index contributed by atoms with van der Waals surface area (Å²) in [6.45, 7) is 0.890. The molecule has 0 aliphatic rings. The van der Waals surface area contributed by atoms with E-state index in [1.54, 1.807) is 7.11 Å². The number of imidazole rings is 1. The lowest BCUT2D eigenvalue weighted by Crippen LogP contribution is -1.99. The number of ether oxygens (including phenoxy) is 1. The van der Waals surface area contributed by atoms with Crippen molar-refractivity contribution in [2.75, 3.05) is 7.11 Å². The fraction of sp³-hybridized carbons (Fsp3) is 0.130. The summed E-state index contributed by atoms with van der Waals surface area (Å²) >= 11 is 0. The van der Waals surface area contributed by atoms with E-state index in [1.165, 1.54) is 5.56 Å². The summed E-state index contributed by atoms with van der Waals surface area (Å²) in [5, 5.41) is 9.26. The minimum atomic E-state index is 0.547. The molecule has 1 aromatic heterocycles. The molecule has 0 radical (unpaired) electrons. The smallest absolute Gasteiger partial charge is 0.136 e. The summed E-state index contributed by atoms with van der Waals surface area (Å²) in [5.74, 6) is 0.602. The molecule has 4 nitrogen and oxygen atoms in total. The second-order valence-electron chi connectivity index (χ2n) is 6.40. The first-order chi connectivity index (χ1) is 13.3. The van der Waals surface area contributed by atoms with Crippen LogP contribution in [0.5, 0.6) is 5.75 Å². The highest BCUT2D eigenvalue weighted by atomic mass is 16.5. The number of hydrogen-bond donors (Lipinski definition) is 0. The van der Waals surface area contributed by atoms with Crippen LogP contribution in [0.25, 0.3) is 22.2 Å². The van der Waals surface area contributed by atoms with E-state index in [0.29, 0.717) is 11.3 Å². The van der Waals surface area contributed by atoms with Gasteiger partial charge in [-0.05, 0) is 47.4 Å². The fourth-order valence-electron chi connectivity index (χ4n) is 3.28. The predicted molar refractivity (Wildman–Crippen MR) is 107 cm³/mol. The van der Waals surface area contributed by atoms with Gasteiger partial charge in [-0.1, -0.05) is 42.5 Å². The summed E-state index contributed by atoms with van der Waals surface area (Å²) in [7, 11) is 1.58. The molecule has 0 N–H and O–H groups in total. The number of fused-ring (bicyclic) bond motifs is 1. The summed E-state index contributed by atoms with van der Waals surface area (Å²) < 4.78 is 7.40. The van der Waals surface area contributed by atoms with Crippen LogP contribution in [-0.2, 0) is 13.0 Å². The van der Waals surface area contributed by atoms with Crippen LogP contribution >= 0.6 is 0 Å². The summed E-state index contributed by atoms with van der Waals surface area (Å²) in [5.41, 5.74) is 6.11. The van der Waals surface area contributed by atoms with Gasteiger partial charge < -0.3 is 9.30 Å². The van der Waals surface area contributed by atoms with Gasteiger partial charge in [0.25, 0.3) is 0 Å². The number of benzene rings is 3. The van der Waals surface area contributed by atoms with Crippen LogP contribution in [-0.4, -0.2) is 16.7 Å². The molecule has 0 saturated heterocycles. The van der Waals surface area contributed by atoms with Crippen LogP contribution in [0.4, 0.5) is 0 Å². The van der Waals surface area contributed by atoms with Gasteiger partial charge in [-0.15, -0.1) is 0 Å². The SMILES string of the molecule is COc1ccc(-c2ccc(CCn3cnc4ccccc43)cc2)cc1C#N. The Morgan fingerprint density at radius 1 is 1.00 bits per heavy atom. The zero-order chi connectivity index (χ0) is 18.6. The van der Waals surface area contributed by atoms with Gasteiger partial charge in [0.05, 0.1) is 30.0 Å². The molecular weight excluding hydrogens is 334 g/mol. The van der Waals surface area contributed by atoms with Crippen molar-refractivity contribution in [1.82, 2.24) is 9.55 Å². The van der Waals surface area contributed by atoms with Crippen LogP contribution in [0.2, 0.25) is 0 Å². The third kappa shape index (κ3) is 3.40. The van der Waals surface area contributed by atoms with Gasteiger partial charge >= 0.3 is 0 Å². The standard InChI is InChI=1S/C23H19N3O/c1-27-23-11-10-19(14-20(23)15-24)18-8-6-17(7-9-18)12-13-26-16-25-21-4-2-3-5-22(21)26/h2-11,14,16H,12-13H2,1H3. The third-order valence-corrected chi connectivity index (χ3v) is 4.78. The predicted octanol–water partition coefficient (Wildman–Crippen LogP) is 4.83. The van der Waals surface area contributed by atoms with Gasteiger partial charge in [0.1, 0.15) is 11.8 Å². The monoisotopic (exact) mass is 353 g/mol. The molecule has 0 unspecified atom stereocenters. The summed E-state index contributed by atoms with van der Waals surface area (Å²) in [6.07, 6.45) is 2.84. The largest absolute Gasteiger partial charge is 0.495 e. The molecule has 4 heteroatoms. The van der Waals surface area contributed by atoms with Gasteiger partial charge in [-0.3, -0.25) is 0 Å². The molecular formula is C23H19N3O. The highest BCUT2D eigenvalue weighted by Gasteiger charge is 2.06. The Morgan fingerprint density at radius 3 is 2.56 bits per heavy atom. The van der Waals surface area contributed by atoms with Gasteiger partial charge in [-0.25, -0.2) is 4.98 Å². The Bertz CT molecular complexity index is 1120. The lowest BCUT2D eigenvalue weighted by atomic mass is 10.0. The van der Waals surface area contributed by atoms with E-state index < -0.39 is 0 Å². The van der Waals surface area contributed by atoms with E-state index >= 15 is 0 Å². The Kier molecular flexibility index (Phi) is 4.59. The lowest BCUT2D eigenvalue weighted by Gasteiger charge is -2.08. The number of methoxy groups -OCH3 is 1. The number of hydrogen-bond acceptors (Lipinski definition) is 3. The second kappa shape index (κ2) is 7.35. The Labute approximate surface area is 158 Å². The van der Waals surface area contributed by atoms with Crippen molar-refractivity contribution in [3.8, 4) is 22.9 Å². The number of nitriles is 1. The normalized spacial score (nSPS) is 10.7. The maximum Gasteiger partial charge on any atom is 0.136 e. The lowest BCUT2D eigenvalue weighted by molar-refractivity contribution is 0.413. The van der Waals surface area contributed by atoms with Crippen molar-refractivity contribution in [1.29, 1.82) is 5.26 Å². The molecule has 1 heterocycles. The molecule has 27 heavy (non-hydrogen) atoms. The molecule has 3 aromatic carbocycles. The van der Waals surface area contributed by atoms with Crippen LogP contribution in [0.15, 0.2) is 73.1 Å². The first-order valence-corrected chi connectivity index (χ1v) is 8.86. The van der Waals surface area contributed by atoms with Crippen molar-refractivity contribution < 1.29 is 4.74 Å². The molecule has 132 valence electrons. The average Bonchev–Trinajstić information content (AvgIpc) is 3.15. The Balaban J connectivity index is 1.50. The van der Waals surface area contributed by atoms with E-state index in [0.717, 1.165) is 35.1 Å². The van der Waals surface area contributed by atoms with Gasteiger partial charge in [0, 0.05) is 6.54 Å². The van der Waals surface area contributed by atoms with Crippen LogP contribution in [0, 0.1) is 11.3 Å². The van der Waals surface area contributed by atoms with Crippen molar-refractivity contribution in [3.63, 3.8) is 0 Å². The van der Waals surface area contributed by atoms with Crippen molar-refractivity contribution in [2.24, 2.45) is 0 Å². The third-order valence-electron chi connectivity index (χ3n) is 4.78. The molecule has 0 aliphatic heterocycles. The first kappa shape index (κ1) is 16.9. The van der Waals surface area contributed by atoms with E-state index in [1.807, 2.05) is 42.7 Å². The number of aromatic nitrogens is 2. The van der Waals surface area contributed by atoms with Gasteiger partial charge in [0.15, 0.2) is 0 Å². The van der Waals surface area contributed by atoms with E-state index in [-0.39, 0.29) is 0 Å². The van der Waals surface area contributed by atoms with E-state index in [4.69, 9.17) is 4.74 Å². The maximum absolute atomic E-state index is 9.26. The first-order valence-electron chi connectivity index (χ1n) is 8.86. The number of aryl methyl sites for hydroxylation is 2. The molecule has 0 atom stereocenters. The van der Waals surface area contributed by atoms with E-state index in [2.05, 4.69) is 46.0 Å². The van der Waals surface area contributed by atoms with Crippen LogP contribution in [0.1, 0.15) is 11.1 Å². The second-order valence-corrected chi connectivity index (χ2v) is 6.40. The molecule has 4 aromatic rings. The number of rotatable bonds is 5. The van der Waals surface area contributed by atoms with Crippen molar-refractivity contribution in [2.45, 2.75) is 13.0 Å². The van der Waals surface area contributed by atoms with Crippen molar-refractivity contribution >= 4 is 11.0 Å².